The molecule has 2 saturated heterocycles. The van der Waals surface area contributed by atoms with Gasteiger partial charge in [-0.05, 0) is 0 Å². The molecule has 1 N–H and O–H groups in total. The number of aromatic nitrogens is 2. The number of halogens is 1. The van der Waals surface area contributed by atoms with Crippen LogP contribution in [0.3, 0.4) is 0 Å². The third kappa shape index (κ3) is 2.02. The van der Waals surface area contributed by atoms with Gasteiger partial charge < -0.3 is 10.1 Å². The van der Waals surface area contributed by atoms with E-state index in [1.165, 1.54) is 11.3 Å². The lowest BCUT2D eigenvalue weighted by atomic mass is 10.1. The van der Waals surface area contributed by atoms with Gasteiger partial charge in [0.25, 0.3) is 5.66 Å². The first kappa shape index (κ1) is 15.6. The Hall–Kier alpha value is -1.94. The Kier molecular flexibility index (Phi) is 3.80. The average Bonchev–Trinajstić information content (AvgIpc) is 3.26. The number of nitrogens with one attached hydrogen (secondary N) is 1. The second-order valence-electron chi connectivity index (χ2n) is 5.78. The predicted molar refractivity (Wildman–Crippen MR) is 86.7 cm³/mol. The summed E-state index contributed by atoms with van der Waals surface area (Å²) in [5.74, 6) is 0. The molecule has 0 spiro atoms. The standard InChI is InChI=1S/C15H17FN5O2S/c16-21(12-4-2-1-3-5-12)14(22)23-10-15(21,13-19-18-11-24-13)20-8-6-17-7-9-20/h1-5,11,17H,6-10H2/q+1. The second kappa shape index (κ2) is 5.85. The van der Waals surface area contributed by atoms with Crippen LogP contribution in [-0.4, -0.2) is 54.0 Å². The van der Waals surface area contributed by atoms with Crippen LogP contribution in [0.1, 0.15) is 5.01 Å². The van der Waals surface area contributed by atoms with Gasteiger partial charge in [-0.25, -0.2) is 4.90 Å². The summed E-state index contributed by atoms with van der Waals surface area (Å²) in [5.41, 5.74) is 0.438. The van der Waals surface area contributed by atoms with E-state index in [0.29, 0.717) is 31.2 Å². The molecule has 0 radical (unpaired) electrons. The Morgan fingerprint density at radius 1 is 1.29 bits per heavy atom. The number of benzene rings is 1. The minimum Gasteiger partial charge on any atom is -0.408 e. The van der Waals surface area contributed by atoms with E-state index < -0.39 is 16.5 Å². The zero-order valence-electron chi connectivity index (χ0n) is 12.9. The molecule has 1 aromatic heterocycles. The first-order valence-electron chi connectivity index (χ1n) is 7.74. The summed E-state index contributed by atoms with van der Waals surface area (Å²) in [6, 6.07) is 8.41. The molecule has 2 unspecified atom stereocenters. The molecule has 1 aromatic carbocycles. The van der Waals surface area contributed by atoms with Gasteiger partial charge >= 0.3 is 6.09 Å². The lowest BCUT2D eigenvalue weighted by molar-refractivity contribution is -0.107. The molecular formula is C15H17FN5O2S+. The molecule has 4 rings (SSSR count). The van der Waals surface area contributed by atoms with E-state index in [-0.39, 0.29) is 12.3 Å². The Morgan fingerprint density at radius 3 is 2.71 bits per heavy atom. The van der Waals surface area contributed by atoms with Crippen LogP contribution in [0.15, 0.2) is 35.8 Å². The fourth-order valence-electron chi connectivity index (χ4n) is 3.44. The molecule has 2 aromatic rings. The van der Waals surface area contributed by atoms with Crippen molar-refractivity contribution in [2.24, 2.45) is 0 Å². The topological polar surface area (TPSA) is 67.3 Å². The normalized spacial score (nSPS) is 31.1. The number of cyclic esters (lactones) is 1. The summed E-state index contributed by atoms with van der Waals surface area (Å²) >= 11 is 1.24. The van der Waals surface area contributed by atoms with Crippen LogP contribution in [0.4, 0.5) is 15.0 Å². The largest absolute Gasteiger partial charge is 0.563 e. The average molecular weight is 350 g/mol. The maximum absolute atomic E-state index is 16.4. The van der Waals surface area contributed by atoms with Crippen molar-refractivity contribution in [1.82, 2.24) is 25.1 Å². The zero-order valence-corrected chi connectivity index (χ0v) is 13.7. The van der Waals surface area contributed by atoms with E-state index in [1.807, 2.05) is 4.90 Å². The molecule has 9 heteroatoms. The first-order chi connectivity index (χ1) is 11.7. The van der Waals surface area contributed by atoms with Gasteiger partial charge in [0.05, 0.1) is 0 Å². The third-order valence-corrected chi connectivity index (χ3v) is 5.44. The van der Waals surface area contributed by atoms with Crippen molar-refractivity contribution in [1.29, 1.82) is 0 Å². The number of para-hydroxylation sites is 1. The first-order valence-corrected chi connectivity index (χ1v) is 8.62. The summed E-state index contributed by atoms with van der Waals surface area (Å²) in [4.78, 5) is 14.5. The zero-order chi connectivity index (χ0) is 16.6. The Balaban J connectivity index is 1.93. The molecule has 126 valence electrons. The SMILES string of the molecule is O=C1OCC(c2nncs2)(N2CCNCC2)[N+]1(F)c1ccccc1. The highest BCUT2D eigenvalue weighted by Crippen LogP contribution is 2.49. The van der Waals surface area contributed by atoms with Crippen molar-refractivity contribution in [3.8, 4) is 0 Å². The van der Waals surface area contributed by atoms with Crippen molar-refractivity contribution in [3.63, 3.8) is 0 Å². The number of nitrogens with zero attached hydrogens (tertiary/aromatic N) is 4. The van der Waals surface area contributed by atoms with Crippen molar-refractivity contribution < 1.29 is 14.0 Å². The van der Waals surface area contributed by atoms with Gasteiger partial charge in [0, 0.05) is 47.5 Å². The van der Waals surface area contributed by atoms with Crippen LogP contribution in [0.25, 0.3) is 0 Å². The van der Waals surface area contributed by atoms with Gasteiger partial charge in [-0.2, -0.15) is 4.79 Å². The molecule has 0 saturated carbocycles. The Labute approximate surface area is 142 Å². The fraction of sp³-hybridized carbons (Fsp3) is 0.400. The number of piperazine rings is 1. The summed E-state index contributed by atoms with van der Waals surface area (Å²) in [5, 5.41) is 11.7. The number of hydrogen-bond acceptors (Lipinski definition) is 7. The minimum absolute atomic E-state index is 0.0909. The highest BCUT2D eigenvalue weighted by molar-refractivity contribution is 7.09. The maximum Gasteiger partial charge on any atom is 0.563 e. The van der Waals surface area contributed by atoms with Crippen LogP contribution >= 0.6 is 11.3 Å². The Bertz CT molecular complexity index is 725. The molecule has 2 aliphatic rings. The molecule has 1 amide bonds. The number of ether oxygens (including phenoxy) is 1. The summed E-state index contributed by atoms with van der Waals surface area (Å²) in [6.07, 6.45) is -0.921. The number of carbonyl (C=O) groups is 1. The number of quaternary nitrogens is 1. The molecule has 3 heterocycles. The van der Waals surface area contributed by atoms with Crippen molar-refractivity contribution in [3.05, 3.63) is 40.8 Å². The highest BCUT2D eigenvalue weighted by Gasteiger charge is 2.74. The summed E-state index contributed by atoms with van der Waals surface area (Å²) < 4.78 is 20.2. The molecular weight excluding hydrogens is 333 g/mol. The fourth-order valence-corrected chi connectivity index (χ4v) is 4.23. The predicted octanol–water partition coefficient (Wildman–Crippen LogP) is 1.64. The molecule has 2 aliphatic heterocycles. The van der Waals surface area contributed by atoms with Gasteiger partial charge in [0.2, 0.25) is 5.01 Å². The lowest BCUT2D eigenvalue weighted by Crippen LogP contribution is -2.68. The smallest absolute Gasteiger partial charge is 0.408 e. The van der Waals surface area contributed by atoms with Crippen molar-refractivity contribution >= 4 is 23.1 Å². The van der Waals surface area contributed by atoms with Crippen molar-refractivity contribution in [2.75, 3.05) is 32.8 Å². The molecule has 0 aliphatic carbocycles. The van der Waals surface area contributed by atoms with Crippen LogP contribution in [0, 0.1) is 0 Å². The van der Waals surface area contributed by atoms with E-state index >= 15 is 4.48 Å². The quantitative estimate of drug-likeness (QED) is 0.849. The van der Waals surface area contributed by atoms with Gasteiger partial charge in [0.15, 0.2) is 12.3 Å². The summed E-state index contributed by atoms with van der Waals surface area (Å²) in [6.45, 7) is 2.51. The summed E-state index contributed by atoms with van der Waals surface area (Å²) in [7, 11) is 0. The van der Waals surface area contributed by atoms with Gasteiger partial charge in [-0.1, -0.05) is 29.5 Å². The van der Waals surface area contributed by atoms with Gasteiger partial charge in [0.1, 0.15) is 5.51 Å². The molecule has 2 atom stereocenters. The number of carbonyl (C=O) groups excluding carboxylic acids is 1. The van der Waals surface area contributed by atoms with E-state index in [1.54, 1.807) is 35.8 Å². The third-order valence-electron chi connectivity index (χ3n) is 4.61. The Morgan fingerprint density at radius 2 is 2.04 bits per heavy atom. The van der Waals surface area contributed by atoms with Gasteiger partial charge in [-0.15, -0.1) is 10.2 Å². The van der Waals surface area contributed by atoms with E-state index in [9.17, 15) is 4.79 Å². The van der Waals surface area contributed by atoms with Gasteiger partial charge in [-0.3, -0.25) is 0 Å². The van der Waals surface area contributed by atoms with E-state index in [0.717, 1.165) is 0 Å². The lowest BCUT2D eigenvalue weighted by Gasteiger charge is -2.42. The van der Waals surface area contributed by atoms with E-state index in [2.05, 4.69) is 15.5 Å². The van der Waals surface area contributed by atoms with E-state index in [4.69, 9.17) is 4.74 Å². The molecule has 2 fully saturated rings. The minimum atomic E-state index is -1.47. The van der Waals surface area contributed by atoms with Crippen LogP contribution in [0.5, 0.6) is 0 Å². The molecule has 7 nitrogen and oxygen atoms in total. The molecule has 24 heavy (non-hydrogen) atoms. The maximum atomic E-state index is 16.4. The number of hydrogen-bond donors (Lipinski definition) is 1. The van der Waals surface area contributed by atoms with Crippen LogP contribution < -0.4 is 10.0 Å². The monoisotopic (exact) mass is 350 g/mol. The highest BCUT2D eigenvalue weighted by atomic mass is 32.1. The second-order valence-corrected chi connectivity index (χ2v) is 6.61. The molecule has 0 bridgehead atoms. The number of amides is 1. The number of rotatable bonds is 3. The van der Waals surface area contributed by atoms with Crippen molar-refractivity contribution in [2.45, 2.75) is 5.66 Å². The van der Waals surface area contributed by atoms with Crippen LogP contribution in [0.2, 0.25) is 0 Å². The van der Waals surface area contributed by atoms with Crippen LogP contribution in [-0.2, 0) is 10.4 Å².